The van der Waals surface area contributed by atoms with Crippen LogP contribution in [0.3, 0.4) is 0 Å². The van der Waals surface area contributed by atoms with Gasteiger partial charge in [0, 0.05) is 31.4 Å². The predicted octanol–water partition coefficient (Wildman–Crippen LogP) is 5.78. The molecule has 2 aromatic heterocycles. The maximum Gasteiger partial charge on any atom is 0.327 e. The van der Waals surface area contributed by atoms with Gasteiger partial charge in [-0.3, -0.25) is 9.80 Å². The normalized spacial score (nSPS) is 18.2. The number of hydrogen-bond acceptors (Lipinski definition) is 12. The number of aromatic nitrogens is 3. The molecule has 2 aliphatic carbocycles. The highest BCUT2D eigenvalue weighted by Crippen LogP contribution is 2.47. The number of rotatable bonds is 16. The maximum atomic E-state index is 13.2. The van der Waals surface area contributed by atoms with Gasteiger partial charge in [-0.05, 0) is 88.5 Å². The van der Waals surface area contributed by atoms with E-state index in [1.54, 1.807) is 31.4 Å². The lowest BCUT2D eigenvalue weighted by molar-refractivity contribution is -0.152. The first-order valence-corrected chi connectivity index (χ1v) is 17.5. The van der Waals surface area contributed by atoms with E-state index in [2.05, 4.69) is 31.4 Å². The summed E-state index contributed by atoms with van der Waals surface area (Å²) in [5.74, 6) is 1.24. The van der Waals surface area contributed by atoms with Crippen molar-refractivity contribution < 1.29 is 23.3 Å². The number of nitrogens with two attached hydrogens (primary N) is 1. The summed E-state index contributed by atoms with van der Waals surface area (Å²) in [4.78, 5) is 25.3. The lowest BCUT2D eigenvalue weighted by atomic mass is 10.1. The van der Waals surface area contributed by atoms with Crippen molar-refractivity contribution in [2.75, 3.05) is 37.8 Å². The third-order valence-electron chi connectivity index (χ3n) is 7.93. The Kier molecular flexibility index (Phi) is 11.1. The summed E-state index contributed by atoms with van der Waals surface area (Å²) < 4.78 is 26.3. The number of hydrogen-bond donors (Lipinski definition) is 3. The Morgan fingerprint density at radius 3 is 2.64 bits per heavy atom. The lowest BCUT2D eigenvalue weighted by Gasteiger charge is -2.27. The zero-order valence-electron chi connectivity index (χ0n) is 25.5. The summed E-state index contributed by atoms with van der Waals surface area (Å²) in [5.41, 5.74) is 6.03. The molecule has 2 fully saturated rings. The molecule has 0 radical (unpaired) electrons. The van der Waals surface area contributed by atoms with Gasteiger partial charge in [-0.1, -0.05) is 23.5 Å². The number of fused-ring (bicyclic) bond motifs is 1. The van der Waals surface area contributed by atoms with E-state index in [1.807, 2.05) is 30.6 Å². The average molecular weight is 666 g/mol. The highest BCUT2D eigenvalue weighted by Gasteiger charge is 2.54. The van der Waals surface area contributed by atoms with Crippen molar-refractivity contribution in [1.82, 2.24) is 24.5 Å². The van der Waals surface area contributed by atoms with Crippen LogP contribution in [0.15, 0.2) is 36.5 Å². The molecule has 3 atom stereocenters. The highest BCUT2D eigenvalue weighted by atomic mass is 35.5. The van der Waals surface area contributed by atoms with E-state index >= 15 is 0 Å². The molecule has 0 bridgehead atoms. The van der Waals surface area contributed by atoms with Gasteiger partial charge in [-0.25, -0.2) is 5.09 Å². The van der Waals surface area contributed by atoms with Gasteiger partial charge in [-0.2, -0.15) is 14.8 Å². The van der Waals surface area contributed by atoms with Gasteiger partial charge >= 0.3 is 14.5 Å². The molecular formula is C29H41ClN7O5PS. The van der Waals surface area contributed by atoms with Crippen LogP contribution in [0.25, 0.3) is 11.0 Å². The van der Waals surface area contributed by atoms with E-state index in [0.717, 1.165) is 36.7 Å². The summed E-state index contributed by atoms with van der Waals surface area (Å²) >= 11 is 7.54. The van der Waals surface area contributed by atoms with E-state index in [4.69, 9.17) is 35.9 Å². The molecule has 2 saturated carbocycles. The second kappa shape index (κ2) is 14.8. The quantitative estimate of drug-likeness (QED) is 0.0740. The molecule has 12 nitrogen and oxygen atoms in total. The van der Waals surface area contributed by atoms with Crippen molar-refractivity contribution in [3.63, 3.8) is 0 Å². The average Bonchev–Trinajstić information content (AvgIpc) is 3.38. The Morgan fingerprint density at radius 1 is 1.25 bits per heavy atom. The van der Waals surface area contributed by atoms with Crippen LogP contribution >= 0.6 is 32.1 Å². The van der Waals surface area contributed by atoms with Crippen molar-refractivity contribution in [2.45, 2.75) is 75.7 Å². The molecule has 240 valence electrons. The molecule has 0 aliphatic heterocycles. The molecule has 3 unspecified atom stereocenters. The lowest BCUT2D eigenvalue weighted by Crippen LogP contribution is -2.40. The third kappa shape index (κ3) is 8.06. The van der Waals surface area contributed by atoms with Gasteiger partial charge in [0.15, 0.2) is 5.82 Å². The number of nitrogen functional groups attached to an aromatic ring is 1. The van der Waals surface area contributed by atoms with Crippen molar-refractivity contribution in [2.24, 2.45) is 0 Å². The second-order valence-corrected chi connectivity index (χ2v) is 13.5. The number of anilines is 2. The predicted molar refractivity (Wildman–Crippen MR) is 176 cm³/mol. The number of nitrogens with one attached hydrogen (secondary N) is 2. The fraction of sp³-hybridized carbons (Fsp3) is 0.552. The first-order chi connectivity index (χ1) is 21.2. The number of nitrogens with zero attached hydrogens (tertiary/aromatic N) is 4. The van der Waals surface area contributed by atoms with Crippen LogP contribution in [0, 0.1) is 0 Å². The summed E-state index contributed by atoms with van der Waals surface area (Å²) in [7, 11) is 1.83. The molecule has 2 aliphatic rings. The van der Waals surface area contributed by atoms with Crippen LogP contribution < -0.4 is 25.2 Å². The summed E-state index contributed by atoms with van der Waals surface area (Å²) in [6.45, 7) is 2.33. The fourth-order valence-corrected chi connectivity index (χ4v) is 7.24. The number of carbonyl (C=O) groups is 1. The Hall–Kier alpha value is -2.38. The van der Waals surface area contributed by atoms with E-state index in [0.29, 0.717) is 35.9 Å². The monoisotopic (exact) mass is 665 g/mol. The molecule has 3 aromatic rings. The number of hydrazine groups is 1. The van der Waals surface area contributed by atoms with Crippen LogP contribution in [0.5, 0.6) is 5.75 Å². The van der Waals surface area contributed by atoms with Crippen LogP contribution in [0.2, 0.25) is 5.02 Å². The number of esters is 1. The van der Waals surface area contributed by atoms with Crippen molar-refractivity contribution in [3.8, 4) is 5.75 Å². The molecule has 1 aromatic carbocycles. The van der Waals surface area contributed by atoms with Crippen molar-refractivity contribution in [1.29, 1.82) is 0 Å². The Labute approximate surface area is 268 Å². The Balaban J connectivity index is 1.27. The van der Waals surface area contributed by atoms with Gasteiger partial charge in [0.2, 0.25) is 5.95 Å². The largest absolute Gasteiger partial charge is 0.461 e. The summed E-state index contributed by atoms with van der Waals surface area (Å²) in [6.07, 6.45) is 9.64. The Morgan fingerprint density at radius 2 is 1.98 bits per heavy atom. The third-order valence-corrected chi connectivity index (χ3v) is 10.0. The van der Waals surface area contributed by atoms with Gasteiger partial charge in [0.25, 0.3) is 0 Å². The number of ether oxygens (including phenoxy) is 2. The van der Waals surface area contributed by atoms with E-state index in [-0.39, 0.29) is 36.8 Å². The number of halogens is 1. The maximum absolute atomic E-state index is 13.2. The first-order valence-electron chi connectivity index (χ1n) is 14.8. The van der Waals surface area contributed by atoms with E-state index < -0.39 is 14.1 Å². The van der Waals surface area contributed by atoms with Crippen LogP contribution in [0.4, 0.5) is 11.8 Å². The molecular weight excluding hydrogens is 625 g/mol. The van der Waals surface area contributed by atoms with Gasteiger partial charge in [0.05, 0.1) is 18.1 Å². The first kappa shape index (κ1) is 33.0. The van der Waals surface area contributed by atoms with Gasteiger partial charge in [-0.15, -0.1) is 0 Å². The minimum Gasteiger partial charge on any atom is -0.461 e. The molecule has 15 heteroatoms. The van der Waals surface area contributed by atoms with Gasteiger partial charge in [0.1, 0.15) is 23.0 Å². The molecule has 0 spiro atoms. The fourth-order valence-electron chi connectivity index (χ4n) is 5.31. The minimum atomic E-state index is -1.71. The molecule has 2 heterocycles. The highest BCUT2D eigenvalue weighted by molar-refractivity contribution is 7.96. The van der Waals surface area contributed by atoms with Crippen molar-refractivity contribution >= 4 is 60.8 Å². The summed E-state index contributed by atoms with van der Waals surface area (Å²) in [5, 5.41) is 6.67. The molecule has 0 amide bonds. The van der Waals surface area contributed by atoms with Crippen LogP contribution in [-0.2, 0) is 18.8 Å². The zero-order chi connectivity index (χ0) is 31.3. The number of carbonyl (C=O) groups excluding carboxylic acids is 1. The second-order valence-electron chi connectivity index (χ2n) is 11.3. The van der Waals surface area contributed by atoms with Crippen LogP contribution in [-0.4, -0.2) is 65.3 Å². The number of benzene rings is 1. The SMILES string of the molecule is COC(COP(NC1(C(=O)OC2CCCC2)CC1)Oc1ccc(Cl)cc1)CC(C)n1ccc2c(N(C)NSC)nc(N)nc21. The molecule has 44 heavy (non-hydrogen) atoms. The van der Waals surface area contributed by atoms with Crippen molar-refractivity contribution in [3.05, 3.63) is 41.6 Å². The Bertz CT molecular complexity index is 1410. The van der Waals surface area contributed by atoms with Gasteiger partial charge < -0.3 is 28.8 Å². The smallest absolute Gasteiger partial charge is 0.327 e. The molecule has 4 N–H and O–H groups in total. The van der Waals surface area contributed by atoms with Crippen LogP contribution in [0.1, 0.15) is 57.9 Å². The molecule has 0 saturated heterocycles. The topological polar surface area (TPSA) is 138 Å². The standard InChI is InChI=1S/C29H41ClN7O5PS/c1-19(37-16-13-24-25(36(2)35-44-4)32-28(31)33-26(24)37)17-23(39-3)18-40-43(42-22-11-9-20(30)10-12-22)34-29(14-15-29)27(38)41-21-7-5-6-8-21/h9-13,16,19,21,23,34-35H,5-8,14-15,17-18H2,1-4H3,(H2,31,32,33). The number of methoxy groups -OCH3 is 1. The minimum absolute atomic E-state index is 0.00505. The molecule has 5 rings (SSSR count). The van der Waals surface area contributed by atoms with E-state index in [1.165, 1.54) is 11.9 Å². The summed E-state index contributed by atoms with van der Waals surface area (Å²) in [6, 6.07) is 9.04. The zero-order valence-corrected chi connectivity index (χ0v) is 28.0. The van der Waals surface area contributed by atoms with E-state index in [9.17, 15) is 4.79 Å².